The van der Waals surface area contributed by atoms with Gasteiger partial charge >= 0.3 is 5.97 Å². The van der Waals surface area contributed by atoms with Gasteiger partial charge < -0.3 is 9.84 Å². The van der Waals surface area contributed by atoms with Crippen LogP contribution in [0.15, 0.2) is 0 Å². The summed E-state index contributed by atoms with van der Waals surface area (Å²) in [4.78, 5) is 10.8. The highest BCUT2D eigenvalue weighted by Gasteiger charge is 2.37. The van der Waals surface area contributed by atoms with Gasteiger partial charge in [0.15, 0.2) is 6.10 Å². The molecule has 0 amide bonds. The molecule has 82 valence electrons. The maximum absolute atomic E-state index is 10.8. The van der Waals surface area contributed by atoms with Crippen molar-refractivity contribution in [3.8, 4) is 0 Å². The minimum absolute atomic E-state index is 0.215. The Bertz CT molecular complexity index is 201. The Morgan fingerprint density at radius 1 is 1.50 bits per heavy atom. The van der Waals surface area contributed by atoms with Crippen molar-refractivity contribution in [2.45, 2.75) is 46.1 Å². The number of carboxylic acids is 1. The molecule has 0 aromatic heterocycles. The van der Waals surface area contributed by atoms with Crippen molar-refractivity contribution in [1.82, 2.24) is 0 Å². The number of hydrogen-bond donors (Lipinski definition) is 1. The van der Waals surface area contributed by atoms with E-state index in [4.69, 9.17) is 9.84 Å². The summed E-state index contributed by atoms with van der Waals surface area (Å²) >= 11 is 0. The summed E-state index contributed by atoms with van der Waals surface area (Å²) in [6, 6.07) is 0. The maximum Gasteiger partial charge on any atom is 0.333 e. The topological polar surface area (TPSA) is 46.5 Å². The highest BCUT2D eigenvalue weighted by molar-refractivity contribution is 5.73. The van der Waals surface area contributed by atoms with Crippen molar-refractivity contribution in [2.75, 3.05) is 6.61 Å². The van der Waals surface area contributed by atoms with E-state index in [1.54, 1.807) is 0 Å². The molecule has 1 unspecified atom stereocenters. The zero-order valence-electron chi connectivity index (χ0n) is 9.25. The van der Waals surface area contributed by atoms with Crippen LogP contribution in [0.2, 0.25) is 0 Å². The number of carbonyl (C=O) groups is 1. The fourth-order valence-corrected chi connectivity index (χ4v) is 1.30. The predicted octanol–water partition coefficient (Wildman–Crippen LogP) is 2.30. The van der Waals surface area contributed by atoms with Crippen molar-refractivity contribution in [3.05, 3.63) is 0 Å². The van der Waals surface area contributed by atoms with Gasteiger partial charge in [-0.25, -0.2) is 4.79 Å². The van der Waals surface area contributed by atoms with E-state index >= 15 is 0 Å². The summed E-state index contributed by atoms with van der Waals surface area (Å²) < 4.78 is 5.40. The molecule has 14 heavy (non-hydrogen) atoms. The molecule has 1 aliphatic carbocycles. The van der Waals surface area contributed by atoms with E-state index in [-0.39, 0.29) is 11.3 Å². The lowest BCUT2D eigenvalue weighted by molar-refractivity contribution is -0.152. The van der Waals surface area contributed by atoms with Gasteiger partial charge in [0, 0.05) is 6.61 Å². The largest absolute Gasteiger partial charge is 0.479 e. The molecule has 0 aromatic carbocycles. The monoisotopic (exact) mass is 200 g/mol. The lowest BCUT2D eigenvalue weighted by atomic mass is 9.93. The summed E-state index contributed by atoms with van der Waals surface area (Å²) in [6.07, 6.45) is 2.36. The molecule has 0 radical (unpaired) electrons. The van der Waals surface area contributed by atoms with Crippen LogP contribution >= 0.6 is 0 Å². The summed E-state index contributed by atoms with van der Waals surface area (Å²) in [5.74, 6) is -0.533. The smallest absolute Gasteiger partial charge is 0.333 e. The van der Waals surface area contributed by atoms with Crippen molar-refractivity contribution < 1.29 is 14.6 Å². The van der Waals surface area contributed by atoms with Gasteiger partial charge in [-0.2, -0.15) is 0 Å². The second-order valence-corrected chi connectivity index (χ2v) is 5.28. The van der Waals surface area contributed by atoms with E-state index in [1.807, 2.05) is 0 Å². The van der Waals surface area contributed by atoms with Crippen LogP contribution in [-0.4, -0.2) is 23.8 Å². The average molecular weight is 200 g/mol. The summed E-state index contributed by atoms with van der Waals surface area (Å²) in [6.45, 7) is 6.94. The van der Waals surface area contributed by atoms with E-state index in [0.717, 1.165) is 19.3 Å². The van der Waals surface area contributed by atoms with Gasteiger partial charge in [0.2, 0.25) is 0 Å². The number of carboxylic acid groups (broad SMARTS) is 1. The van der Waals surface area contributed by atoms with Crippen LogP contribution in [0.4, 0.5) is 0 Å². The molecule has 1 atom stereocenters. The minimum Gasteiger partial charge on any atom is -0.479 e. The van der Waals surface area contributed by atoms with E-state index in [0.29, 0.717) is 6.61 Å². The molecule has 0 bridgehead atoms. The van der Waals surface area contributed by atoms with Gasteiger partial charge in [0.1, 0.15) is 0 Å². The Morgan fingerprint density at radius 3 is 2.43 bits per heavy atom. The van der Waals surface area contributed by atoms with Crippen molar-refractivity contribution in [2.24, 2.45) is 11.3 Å². The SMILES string of the molecule is CC(C)(C)CCOC(C(=O)O)C1CC1. The first kappa shape index (κ1) is 11.5. The minimum atomic E-state index is -0.804. The van der Waals surface area contributed by atoms with Crippen molar-refractivity contribution in [1.29, 1.82) is 0 Å². The molecule has 1 saturated carbocycles. The third-order valence-electron chi connectivity index (χ3n) is 2.44. The second kappa shape index (κ2) is 4.30. The lowest BCUT2D eigenvalue weighted by Gasteiger charge is -2.20. The quantitative estimate of drug-likeness (QED) is 0.740. The van der Waals surface area contributed by atoms with Crippen molar-refractivity contribution in [3.63, 3.8) is 0 Å². The third-order valence-corrected chi connectivity index (χ3v) is 2.44. The van der Waals surface area contributed by atoms with Gasteiger partial charge in [-0.1, -0.05) is 20.8 Å². The van der Waals surface area contributed by atoms with Crippen LogP contribution in [0.3, 0.4) is 0 Å². The Labute approximate surface area is 85.5 Å². The summed E-state index contributed by atoms with van der Waals surface area (Å²) in [7, 11) is 0. The zero-order valence-corrected chi connectivity index (χ0v) is 9.25. The zero-order chi connectivity index (χ0) is 10.8. The molecule has 3 nitrogen and oxygen atoms in total. The maximum atomic E-state index is 10.8. The fraction of sp³-hybridized carbons (Fsp3) is 0.909. The van der Waals surface area contributed by atoms with Gasteiger partial charge in [-0.05, 0) is 30.6 Å². The molecule has 0 aromatic rings. The first-order valence-corrected chi connectivity index (χ1v) is 5.24. The van der Waals surface area contributed by atoms with Crippen LogP contribution in [0.25, 0.3) is 0 Å². The van der Waals surface area contributed by atoms with Crippen LogP contribution in [0.5, 0.6) is 0 Å². The normalized spacial score (nSPS) is 19.4. The molecule has 0 saturated heterocycles. The molecule has 3 heteroatoms. The Kier molecular flexibility index (Phi) is 3.53. The molecule has 1 fully saturated rings. The highest BCUT2D eigenvalue weighted by Crippen LogP contribution is 2.34. The molecular formula is C11H20O3. The van der Waals surface area contributed by atoms with E-state index in [1.165, 1.54) is 0 Å². The van der Waals surface area contributed by atoms with Gasteiger partial charge in [-0.15, -0.1) is 0 Å². The fourth-order valence-electron chi connectivity index (χ4n) is 1.30. The van der Waals surface area contributed by atoms with Crippen molar-refractivity contribution >= 4 is 5.97 Å². The molecule has 1 N–H and O–H groups in total. The number of hydrogen-bond acceptors (Lipinski definition) is 2. The van der Waals surface area contributed by atoms with Crippen LogP contribution in [-0.2, 0) is 9.53 Å². The van der Waals surface area contributed by atoms with Crippen LogP contribution in [0.1, 0.15) is 40.0 Å². The lowest BCUT2D eigenvalue weighted by Crippen LogP contribution is -2.27. The molecule has 0 aliphatic heterocycles. The molecule has 0 heterocycles. The number of rotatable bonds is 5. The Morgan fingerprint density at radius 2 is 2.07 bits per heavy atom. The van der Waals surface area contributed by atoms with Crippen LogP contribution < -0.4 is 0 Å². The predicted molar refractivity (Wildman–Crippen MR) is 54.2 cm³/mol. The van der Waals surface area contributed by atoms with Gasteiger partial charge in [-0.3, -0.25) is 0 Å². The first-order chi connectivity index (χ1) is 6.40. The molecule has 1 aliphatic rings. The second-order valence-electron chi connectivity index (χ2n) is 5.28. The molecule has 1 rings (SSSR count). The Hall–Kier alpha value is -0.570. The van der Waals surface area contributed by atoms with E-state index in [9.17, 15) is 4.79 Å². The van der Waals surface area contributed by atoms with Crippen LogP contribution in [0, 0.1) is 11.3 Å². The highest BCUT2D eigenvalue weighted by atomic mass is 16.5. The Balaban J connectivity index is 2.24. The standard InChI is InChI=1S/C11H20O3/c1-11(2,3)6-7-14-9(10(12)13)8-4-5-8/h8-9H,4-7H2,1-3H3,(H,12,13). The molecular weight excluding hydrogens is 180 g/mol. The first-order valence-electron chi connectivity index (χ1n) is 5.24. The third kappa shape index (κ3) is 4.09. The van der Waals surface area contributed by atoms with Gasteiger partial charge in [0.25, 0.3) is 0 Å². The molecule has 0 spiro atoms. The number of ether oxygens (including phenoxy) is 1. The number of aliphatic carboxylic acids is 1. The van der Waals surface area contributed by atoms with Gasteiger partial charge in [0.05, 0.1) is 0 Å². The summed E-state index contributed by atoms with van der Waals surface area (Å²) in [5, 5.41) is 8.89. The average Bonchev–Trinajstić information content (AvgIpc) is 2.77. The van der Waals surface area contributed by atoms with E-state index in [2.05, 4.69) is 20.8 Å². The van der Waals surface area contributed by atoms with E-state index < -0.39 is 12.1 Å². The summed E-state index contributed by atoms with van der Waals surface area (Å²) in [5.41, 5.74) is 0.215.